The van der Waals surface area contributed by atoms with Crippen LogP contribution in [0.15, 0.2) is 78.9 Å². The summed E-state index contributed by atoms with van der Waals surface area (Å²) in [5.74, 6) is 2.19. The Kier molecular flexibility index (Phi) is 9.38. The Bertz CT molecular complexity index is 1410. The minimum atomic E-state index is -0.190. The molecule has 0 atom stereocenters. The van der Waals surface area contributed by atoms with Gasteiger partial charge < -0.3 is 29.3 Å². The number of unbranched alkanes of at least 4 members (excludes halogenated alkanes) is 1. The average Bonchev–Trinajstić information content (AvgIpc) is 3.02. The van der Waals surface area contributed by atoms with Crippen LogP contribution in [-0.2, 0) is 26.2 Å². The van der Waals surface area contributed by atoms with Crippen molar-refractivity contribution in [2.24, 2.45) is 0 Å². The smallest absolute Gasteiger partial charge is 0.322 e. The Morgan fingerprint density at radius 3 is 2.02 bits per heavy atom. The molecule has 1 aliphatic heterocycles. The van der Waals surface area contributed by atoms with Crippen molar-refractivity contribution in [3.05, 3.63) is 101 Å². The zero-order valence-electron chi connectivity index (χ0n) is 24.4. The SMILES string of the molecule is CCCCOc1nc2c(c(N(Cc3ccc(OC)cc3)Cc3ccc(OC)cc3)n1)NC(=O)N(Cc1ccccc1)C2. The molecule has 1 N–H and O–H groups in total. The maximum Gasteiger partial charge on any atom is 0.322 e. The van der Waals surface area contributed by atoms with Crippen molar-refractivity contribution in [2.75, 3.05) is 31.0 Å². The van der Waals surface area contributed by atoms with Crippen LogP contribution >= 0.6 is 0 Å². The third-order valence-electron chi connectivity index (χ3n) is 7.11. The van der Waals surface area contributed by atoms with E-state index in [0.717, 1.165) is 46.7 Å². The van der Waals surface area contributed by atoms with Gasteiger partial charge in [-0.15, -0.1) is 0 Å². The van der Waals surface area contributed by atoms with E-state index >= 15 is 0 Å². The van der Waals surface area contributed by atoms with E-state index in [2.05, 4.69) is 17.1 Å². The quantitative estimate of drug-likeness (QED) is 0.186. The number of ether oxygens (including phenoxy) is 3. The molecule has 4 aromatic rings. The predicted molar refractivity (Wildman–Crippen MR) is 163 cm³/mol. The maximum absolute atomic E-state index is 13.4. The predicted octanol–water partition coefficient (Wildman–Crippen LogP) is 6.43. The van der Waals surface area contributed by atoms with E-state index in [1.54, 1.807) is 19.1 Å². The largest absolute Gasteiger partial charge is 0.497 e. The highest BCUT2D eigenvalue weighted by atomic mass is 16.5. The van der Waals surface area contributed by atoms with Crippen molar-refractivity contribution in [1.29, 1.82) is 0 Å². The number of nitrogens with zero attached hydrogens (tertiary/aromatic N) is 4. The molecule has 0 radical (unpaired) electrons. The van der Waals surface area contributed by atoms with Gasteiger partial charge in [-0.05, 0) is 47.4 Å². The van der Waals surface area contributed by atoms with Crippen LogP contribution < -0.4 is 24.4 Å². The molecule has 2 amide bonds. The van der Waals surface area contributed by atoms with Crippen LogP contribution in [0.25, 0.3) is 0 Å². The fourth-order valence-corrected chi connectivity index (χ4v) is 4.79. The number of urea groups is 1. The lowest BCUT2D eigenvalue weighted by atomic mass is 10.1. The lowest BCUT2D eigenvalue weighted by Gasteiger charge is -2.33. The zero-order chi connectivity index (χ0) is 29.3. The first-order valence-corrected chi connectivity index (χ1v) is 14.2. The lowest BCUT2D eigenvalue weighted by molar-refractivity contribution is 0.202. The second-order valence-electron chi connectivity index (χ2n) is 10.2. The van der Waals surface area contributed by atoms with Crippen LogP contribution in [0, 0.1) is 0 Å². The highest BCUT2D eigenvalue weighted by Crippen LogP contribution is 2.35. The van der Waals surface area contributed by atoms with Gasteiger partial charge >= 0.3 is 12.0 Å². The van der Waals surface area contributed by atoms with Gasteiger partial charge in [0.1, 0.15) is 17.2 Å². The summed E-state index contributed by atoms with van der Waals surface area (Å²) in [4.78, 5) is 26.9. The summed E-state index contributed by atoms with van der Waals surface area (Å²) in [6.45, 7) is 4.53. The molecule has 3 aromatic carbocycles. The number of nitrogens with one attached hydrogen (secondary N) is 1. The van der Waals surface area contributed by atoms with E-state index < -0.39 is 0 Å². The van der Waals surface area contributed by atoms with E-state index in [1.165, 1.54) is 0 Å². The number of hydrogen-bond donors (Lipinski definition) is 1. The molecule has 1 aliphatic rings. The summed E-state index contributed by atoms with van der Waals surface area (Å²) in [5.41, 5.74) is 4.51. The molecule has 0 aliphatic carbocycles. The summed E-state index contributed by atoms with van der Waals surface area (Å²) in [6, 6.07) is 26.0. The molecule has 9 heteroatoms. The molecule has 42 heavy (non-hydrogen) atoms. The maximum atomic E-state index is 13.4. The molecule has 9 nitrogen and oxygen atoms in total. The molecular formula is C33H37N5O4. The van der Waals surface area contributed by atoms with Gasteiger partial charge in [-0.1, -0.05) is 67.9 Å². The van der Waals surface area contributed by atoms with Gasteiger partial charge in [0.2, 0.25) is 0 Å². The zero-order valence-corrected chi connectivity index (χ0v) is 24.4. The second-order valence-corrected chi connectivity index (χ2v) is 10.2. The van der Waals surface area contributed by atoms with Gasteiger partial charge in [-0.3, -0.25) is 0 Å². The molecule has 0 saturated heterocycles. The minimum Gasteiger partial charge on any atom is -0.497 e. The summed E-state index contributed by atoms with van der Waals surface area (Å²) >= 11 is 0. The molecule has 0 unspecified atom stereocenters. The van der Waals surface area contributed by atoms with Crippen molar-refractivity contribution in [1.82, 2.24) is 14.9 Å². The molecule has 1 aromatic heterocycles. The number of benzene rings is 3. The van der Waals surface area contributed by atoms with Crippen LogP contribution in [0.3, 0.4) is 0 Å². The van der Waals surface area contributed by atoms with Crippen molar-refractivity contribution in [3.8, 4) is 17.5 Å². The first kappa shape index (κ1) is 28.7. The molecule has 0 saturated carbocycles. The van der Waals surface area contributed by atoms with Gasteiger partial charge in [0.05, 0.1) is 33.1 Å². The average molecular weight is 568 g/mol. The van der Waals surface area contributed by atoms with Crippen LogP contribution in [0.2, 0.25) is 0 Å². The first-order valence-electron chi connectivity index (χ1n) is 14.2. The fraction of sp³-hybridized carbons (Fsp3) is 0.303. The Balaban J connectivity index is 1.53. The van der Waals surface area contributed by atoms with Crippen molar-refractivity contribution >= 4 is 17.5 Å². The number of carbonyl (C=O) groups is 1. The van der Waals surface area contributed by atoms with Crippen LogP contribution in [0.4, 0.5) is 16.3 Å². The van der Waals surface area contributed by atoms with E-state index in [9.17, 15) is 4.79 Å². The standard InChI is InChI=1S/C33H37N5O4/c1-4-5-19-42-32-34-29-23-38(22-24-9-7-6-8-10-24)33(39)35-30(29)31(36-32)37(20-25-11-15-27(40-2)16-12-25)21-26-13-17-28(41-3)18-14-26/h6-18H,4-5,19-23H2,1-3H3,(H,35,39). The van der Waals surface area contributed by atoms with Gasteiger partial charge in [-0.25, -0.2) is 4.79 Å². The Hall–Kier alpha value is -4.79. The van der Waals surface area contributed by atoms with Crippen molar-refractivity contribution in [3.63, 3.8) is 0 Å². The molecule has 0 spiro atoms. The first-order chi connectivity index (χ1) is 20.6. The number of rotatable bonds is 13. The van der Waals surface area contributed by atoms with Crippen molar-refractivity contribution < 1.29 is 19.0 Å². The fourth-order valence-electron chi connectivity index (χ4n) is 4.79. The summed E-state index contributed by atoms with van der Waals surface area (Å²) in [5, 5.41) is 3.11. The third kappa shape index (κ3) is 7.09. The number of amides is 2. The van der Waals surface area contributed by atoms with E-state index in [-0.39, 0.29) is 6.03 Å². The number of aromatic nitrogens is 2. The monoisotopic (exact) mass is 567 g/mol. The molecule has 218 valence electrons. The highest BCUT2D eigenvalue weighted by Gasteiger charge is 2.30. The van der Waals surface area contributed by atoms with Crippen molar-refractivity contribution in [2.45, 2.75) is 45.9 Å². The Labute approximate surface area is 247 Å². The van der Waals surface area contributed by atoms with E-state index in [4.69, 9.17) is 24.2 Å². The molecule has 5 rings (SSSR count). The number of carbonyl (C=O) groups excluding carboxylic acids is 1. The van der Waals surface area contributed by atoms with Gasteiger partial charge in [0, 0.05) is 19.6 Å². The highest BCUT2D eigenvalue weighted by molar-refractivity contribution is 5.95. The van der Waals surface area contributed by atoms with E-state index in [0.29, 0.717) is 50.3 Å². The topological polar surface area (TPSA) is 89.0 Å². The van der Waals surface area contributed by atoms with Gasteiger partial charge in [-0.2, -0.15) is 9.97 Å². The lowest BCUT2D eigenvalue weighted by Crippen LogP contribution is -2.40. The summed E-state index contributed by atoms with van der Waals surface area (Å²) < 4.78 is 16.8. The molecular weight excluding hydrogens is 530 g/mol. The molecule has 0 fully saturated rings. The summed E-state index contributed by atoms with van der Waals surface area (Å²) in [6.07, 6.45) is 1.90. The number of methoxy groups -OCH3 is 2. The number of hydrogen-bond acceptors (Lipinski definition) is 7. The Morgan fingerprint density at radius 1 is 0.833 bits per heavy atom. The normalized spacial score (nSPS) is 12.4. The minimum absolute atomic E-state index is 0.190. The summed E-state index contributed by atoms with van der Waals surface area (Å²) in [7, 11) is 3.31. The van der Waals surface area contributed by atoms with Gasteiger partial charge in [0.15, 0.2) is 5.82 Å². The van der Waals surface area contributed by atoms with Crippen LogP contribution in [0.5, 0.6) is 17.5 Å². The third-order valence-corrected chi connectivity index (χ3v) is 7.11. The van der Waals surface area contributed by atoms with Gasteiger partial charge in [0.25, 0.3) is 0 Å². The van der Waals surface area contributed by atoms with Crippen LogP contribution in [0.1, 0.15) is 42.1 Å². The molecule has 0 bridgehead atoms. The van der Waals surface area contributed by atoms with Crippen LogP contribution in [-0.4, -0.2) is 41.7 Å². The number of fused-ring (bicyclic) bond motifs is 1. The second kappa shape index (κ2) is 13.7. The number of anilines is 2. The van der Waals surface area contributed by atoms with E-state index in [1.807, 2.05) is 78.9 Å². The Morgan fingerprint density at radius 2 is 1.45 bits per heavy atom. The molecule has 2 heterocycles.